The molecule has 3 aromatic rings. The van der Waals surface area contributed by atoms with E-state index in [1.54, 1.807) is 13.0 Å². The van der Waals surface area contributed by atoms with Crippen molar-refractivity contribution in [2.75, 3.05) is 11.9 Å². The van der Waals surface area contributed by atoms with Crippen LogP contribution < -0.4 is 15.4 Å². The van der Waals surface area contributed by atoms with Crippen molar-refractivity contribution in [3.05, 3.63) is 62.5 Å². The molecule has 7 nitrogen and oxygen atoms in total. The molecule has 0 atom stereocenters. The smallest absolute Gasteiger partial charge is 0.296 e. The summed E-state index contributed by atoms with van der Waals surface area (Å²) >= 11 is 12.7. The Bertz CT molecular complexity index is 1080. The molecule has 0 spiro atoms. The van der Waals surface area contributed by atoms with E-state index in [1.807, 2.05) is 24.3 Å². The molecule has 0 bridgehead atoms. The van der Waals surface area contributed by atoms with Crippen LogP contribution >= 0.6 is 35.2 Å². The van der Waals surface area contributed by atoms with Crippen molar-refractivity contribution in [3.63, 3.8) is 0 Å². The van der Waals surface area contributed by atoms with Crippen LogP contribution in [0.15, 0.2) is 42.5 Å². The Labute approximate surface area is 174 Å². The van der Waals surface area contributed by atoms with Crippen molar-refractivity contribution >= 4 is 67.6 Å². The maximum Gasteiger partial charge on any atom is 0.296 e. The molecule has 1 aromatic heterocycles. The zero-order valence-electron chi connectivity index (χ0n) is 14.5. The molecule has 0 unspecified atom stereocenters. The van der Waals surface area contributed by atoms with Gasteiger partial charge >= 0.3 is 0 Å². The van der Waals surface area contributed by atoms with Crippen LogP contribution in [0.25, 0.3) is 10.1 Å². The number of nitro groups is 1. The van der Waals surface area contributed by atoms with Crippen molar-refractivity contribution in [1.82, 2.24) is 5.32 Å². The fourth-order valence-corrected chi connectivity index (χ4v) is 4.11. The van der Waals surface area contributed by atoms with Crippen LogP contribution in [-0.2, 0) is 0 Å². The summed E-state index contributed by atoms with van der Waals surface area (Å²) in [5.41, 5.74) is -0.0800. The van der Waals surface area contributed by atoms with Gasteiger partial charge in [0.15, 0.2) is 5.11 Å². The lowest BCUT2D eigenvalue weighted by Gasteiger charge is -2.10. The number of hydrogen-bond donors (Lipinski definition) is 2. The number of amides is 1. The summed E-state index contributed by atoms with van der Waals surface area (Å²) in [6.45, 7) is 2.16. The van der Waals surface area contributed by atoms with E-state index in [9.17, 15) is 14.9 Å². The third-order valence-corrected chi connectivity index (χ3v) is 5.57. The summed E-state index contributed by atoms with van der Waals surface area (Å²) in [4.78, 5) is 23.6. The molecule has 28 heavy (non-hydrogen) atoms. The van der Waals surface area contributed by atoms with Crippen molar-refractivity contribution in [3.8, 4) is 5.75 Å². The van der Waals surface area contributed by atoms with Gasteiger partial charge in [-0.1, -0.05) is 29.8 Å². The molecule has 0 radical (unpaired) electrons. The minimum Gasteiger partial charge on any atom is -0.494 e. The SMILES string of the molecule is CCOc1ccc(NC(=S)NC(=O)c2sc3ccccc3c2Cl)c([N+](=O)[O-])c1. The molecule has 144 valence electrons. The van der Waals surface area contributed by atoms with Crippen LogP contribution in [0.5, 0.6) is 5.75 Å². The number of rotatable bonds is 5. The number of nitrogens with one attached hydrogen (secondary N) is 2. The fraction of sp³-hybridized carbons (Fsp3) is 0.111. The van der Waals surface area contributed by atoms with Gasteiger partial charge in [0.2, 0.25) is 0 Å². The van der Waals surface area contributed by atoms with Gasteiger partial charge in [-0.15, -0.1) is 11.3 Å². The van der Waals surface area contributed by atoms with E-state index >= 15 is 0 Å². The Hall–Kier alpha value is -2.75. The maximum absolute atomic E-state index is 12.5. The molecule has 0 saturated heterocycles. The maximum atomic E-state index is 12.5. The number of thiocarbonyl (C=S) groups is 1. The molecule has 0 saturated carbocycles. The van der Waals surface area contributed by atoms with Crippen LogP contribution in [0.4, 0.5) is 11.4 Å². The second-order valence-electron chi connectivity index (χ2n) is 5.52. The molecule has 0 aliphatic rings. The Balaban J connectivity index is 1.77. The molecule has 3 rings (SSSR count). The van der Waals surface area contributed by atoms with E-state index in [-0.39, 0.29) is 16.5 Å². The van der Waals surface area contributed by atoms with Crippen LogP contribution in [0, 0.1) is 10.1 Å². The highest BCUT2D eigenvalue weighted by Gasteiger charge is 2.20. The third-order valence-electron chi connectivity index (χ3n) is 3.69. The van der Waals surface area contributed by atoms with Crippen molar-refractivity contribution < 1.29 is 14.5 Å². The molecule has 2 N–H and O–H groups in total. The lowest BCUT2D eigenvalue weighted by atomic mass is 10.2. The lowest BCUT2D eigenvalue weighted by molar-refractivity contribution is -0.384. The van der Waals surface area contributed by atoms with E-state index in [0.29, 0.717) is 22.3 Å². The topological polar surface area (TPSA) is 93.5 Å². The van der Waals surface area contributed by atoms with E-state index < -0.39 is 10.8 Å². The highest BCUT2D eigenvalue weighted by atomic mass is 35.5. The summed E-state index contributed by atoms with van der Waals surface area (Å²) in [7, 11) is 0. The number of anilines is 1. The minimum absolute atomic E-state index is 0.0780. The number of carbonyl (C=O) groups is 1. The number of ether oxygens (including phenoxy) is 1. The molecular weight excluding hydrogens is 422 g/mol. The number of thiophene rings is 1. The van der Waals surface area contributed by atoms with E-state index in [1.165, 1.54) is 23.5 Å². The van der Waals surface area contributed by atoms with Gasteiger partial charge < -0.3 is 10.1 Å². The second-order valence-corrected chi connectivity index (χ2v) is 7.36. The lowest BCUT2D eigenvalue weighted by Crippen LogP contribution is -2.34. The Morgan fingerprint density at radius 2 is 2.07 bits per heavy atom. The zero-order chi connectivity index (χ0) is 20.3. The summed E-state index contributed by atoms with van der Waals surface area (Å²) in [5, 5.41) is 17.5. The van der Waals surface area contributed by atoms with Crippen LogP contribution in [-0.4, -0.2) is 22.5 Å². The first kappa shape index (κ1) is 20.0. The van der Waals surface area contributed by atoms with Gasteiger partial charge in [0, 0.05) is 10.1 Å². The molecule has 2 aromatic carbocycles. The average molecular weight is 436 g/mol. The first-order valence-corrected chi connectivity index (χ1v) is 9.71. The Morgan fingerprint density at radius 3 is 2.75 bits per heavy atom. The van der Waals surface area contributed by atoms with Gasteiger partial charge in [-0.2, -0.15) is 0 Å². The summed E-state index contributed by atoms with van der Waals surface area (Å²) < 4.78 is 6.15. The summed E-state index contributed by atoms with van der Waals surface area (Å²) in [6, 6.07) is 11.7. The number of fused-ring (bicyclic) bond motifs is 1. The quantitative estimate of drug-likeness (QED) is 0.333. The molecule has 1 heterocycles. The largest absolute Gasteiger partial charge is 0.494 e. The number of carbonyl (C=O) groups excluding carboxylic acids is 1. The van der Waals surface area contributed by atoms with Crippen molar-refractivity contribution in [2.45, 2.75) is 6.92 Å². The van der Waals surface area contributed by atoms with Gasteiger partial charge in [-0.3, -0.25) is 20.2 Å². The minimum atomic E-state index is -0.557. The molecule has 0 aliphatic heterocycles. The third kappa shape index (κ3) is 4.22. The predicted octanol–water partition coefficient (Wildman–Crippen LogP) is 4.99. The molecule has 1 amide bonds. The van der Waals surface area contributed by atoms with Gasteiger partial charge in [-0.25, -0.2) is 0 Å². The number of halogens is 1. The average Bonchev–Trinajstić information content (AvgIpc) is 3.00. The standard InChI is InChI=1S/C18H14ClN3O4S2/c1-2-26-10-7-8-12(13(9-10)22(24)25)20-18(27)21-17(23)16-15(19)11-5-3-4-6-14(11)28-16/h3-9H,2H2,1H3,(H2,20,21,23,27). The molecular formula is C18H14ClN3O4S2. The van der Waals surface area contributed by atoms with E-state index in [4.69, 9.17) is 28.6 Å². The normalized spacial score (nSPS) is 10.5. The summed E-state index contributed by atoms with van der Waals surface area (Å²) in [6.07, 6.45) is 0. The Morgan fingerprint density at radius 1 is 1.32 bits per heavy atom. The second kappa shape index (κ2) is 8.51. The number of nitro benzene ring substituents is 1. The van der Waals surface area contributed by atoms with Gasteiger partial charge in [0.25, 0.3) is 11.6 Å². The number of benzene rings is 2. The van der Waals surface area contributed by atoms with Gasteiger partial charge in [-0.05, 0) is 37.3 Å². The van der Waals surface area contributed by atoms with Crippen molar-refractivity contribution in [2.24, 2.45) is 0 Å². The van der Waals surface area contributed by atoms with Gasteiger partial charge in [0.05, 0.1) is 22.6 Å². The zero-order valence-corrected chi connectivity index (χ0v) is 16.9. The van der Waals surface area contributed by atoms with Crippen LogP contribution in [0.1, 0.15) is 16.6 Å². The molecule has 10 heteroatoms. The van der Waals surface area contributed by atoms with Gasteiger partial charge in [0.1, 0.15) is 16.3 Å². The first-order chi connectivity index (χ1) is 13.4. The van der Waals surface area contributed by atoms with E-state index in [2.05, 4.69) is 10.6 Å². The number of hydrogen-bond acceptors (Lipinski definition) is 6. The molecule has 0 aliphatic carbocycles. The summed E-state index contributed by atoms with van der Waals surface area (Å²) in [5.74, 6) is -0.121. The Kier molecular flexibility index (Phi) is 6.08. The van der Waals surface area contributed by atoms with Crippen molar-refractivity contribution in [1.29, 1.82) is 0 Å². The predicted molar refractivity (Wildman–Crippen MR) is 115 cm³/mol. The molecule has 0 fully saturated rings. The van der Waals surface area contributed by atoms with Crippen LogP contribution in [0.2, 0.25) is 5.02 Å². The van der Waals surface area contributed by atoms with E-state index in [0.717, 1.165) is 10.1 Å². The monoisotopic (exact) mass is 435 g/mol. The van der Waals surface area contributed by atoms with Crippen LogP contribution in [0.3, 0.4) is 0 Å². The highest BCUT2D eigenvalue weighted by molar-refractivity contribution is 7.80. The first-order valence-electron chi connectivity index (χ1n) is 8.11. The highest BCUT2D eigenvalue weighted by Crippen LogP contribution is 2.35. The fourth-order valence-electron chi connectivity index (χ4n) is 2.50. The number of nitrogens with zero attached hydrogens (tertiary/aromatic N) is 1.